The van der Waals surface area contributed by atoms with Gasteiger partial charge in [0, 0.05) is 12.1 Å². The van der Waals surface area contributed by atoms with Crippen LogP contribution < -0.4 is 11.0 Å². The summed E-state index contributed by atoms with van der Waals surface area (Å²) in [6.07, 6.45) is 0. The number of fused-ring (bicyclic) bond motifs is 1. The third-order valence-corrected chi connectivity index (χ3v) is 3.23. The van der Waals surface area contributed by atoms with Gasteiger partial charge in [-0.3, -0.25) is 0 Å². The van der Waals surface area contributed by atoms with Gasteiger partial charge in [-0.2, -0.15) is 5.10 Å². The van der Waals surface area contributed by atoms with Gasteiger partial charge >= 0.3 is 5.69 Å². The van der Waals surface area contributed by atoms with E-state index in [2.05, 4.69) is 48.2 Å². The fourth-order valence-corrected chi connectivity index (χ4v) is 1.61. The third-order valence-electron chi connectivity index (χ3n) is 3.23. The molecule has 0 amide bonds. The quantitative estimate of drug-likeness (QED) is 0.847. The monoisotopic (exact) mass is 249 g/mol. The molecule has 2 aromatic rings. The molecule has 2 heterocycles. The Morgan fingerprint density at radius 3 is 2.72 bits per heavy atom. The van der Waals surface area contributed by atoms with E-state index in [0.29, 0.717) is 11.5 Å². The molecule has 0 aliphatic carbocycles. The summed E-state index contributed by atoms with van der Waals surface area (Å²) in [5.41, 5.74) is 0.453. The summed E-state index contributed by atoms with van der Waals surface area (Å²) in [5, 5.41) is 9.72. The van der Waals surface area contributed by atoms with E-state index < -0.39 is 0 Å². The summed E-state index contributed by atoms with van der Waals surface area (Å²) >= 11 is 0. The minimum Gasteiger partial charge on any atom is -0.367 e. The molecular formula is C12H19N5O. The van der Waals surface area contributed by atoms with Crippen molar-refractivity contribution in [3.05, 3.63) is 22.4 Å². The van der Waals surface area contributed by atoms with Crippen molar-refractivity contribution >= 4 is 11.5 Å². The topological polar surface area (TPSA) is 75.1 Å². The highest BCUT2D eigenvalue weighted by molar-refractivity contribution is 5.50. The maximum absolute atomic E-state index is 11.5. The molecule has 0 fully saturated rings. The van der Waals surface area contributed by atoms with Crippen LogP contribution in [0.4, 0.5) is 5.82 Å². The number of hydrogen-bond donors (Lipinski definition) is 2. The number of nitrogens with one attached hydrogen (secondary N) is 2. The predicted molar refractivity (Wildman–Crippen MR) is 70.9 cm³/mol. The lowest BCUT2D eigenvalue weighted by atomic mass is 9.88. The summed E-state index contributed by atoms with van der Waals surface area (Å²) in [4.78, 5) is 15.9. The summed E-state index contributed by atoms with van der Waals surface area (Å²) in [6.45, 7) is 10.4. The van der Waals surface area contributed by atoms with Gasteiger partial charge in [0.05, 0.1) is 0 Å². The maximum atomic E-state index is 11.5. The number of aromatic nitrogens is 4. The lowest BCUT2D eigenvalue weighted by molar-refractivity contribution is 0.358. The van der Waals surface area contributed by atoms with Crippen LogP contribution in [0.3, 0.4) is 0 Å². The van der Waals surface area contributed by atoms with Crippen LogP contribution in [0.15, 0.2) is 10.9 Å². The maximum Gasteiger partial charge on any atom is 0.349 e. The van der Waals surface area contributed by atoms with Crippen molar-refractivity contribution in [2.24, 2.45) is 5.41 Å². The molecule has 18 heavy (non-hydrogen) atoms. The Balaban J connectivity index is 2.39. The van der Waals surface area contributed by atoms with Crippen molar-refractivity contribution in [1.29, 1.82) is 0 Å². The summed E-state index contributed by atoms with van der Waals surface area (Å²) in [5.74, 6) is 1.36. The minimum atomic E-state index is -0.259. The van der Waals surface area contributed by atoms with E-state index in [0.717, 1.165) is 5.82 Å². The van der Waals surface area contributed by atoms with Gasteiger partial charge in [-0.15, -0.1) is 0 Å². The molecule has 0 radical (unpaired) electrons. The zero-order valence-corrected chi connectivity index (χ0v) is 11.4. The fraction of sp³-hybridized carbons (Fsp3) is 0.583. The minimum absolute atomic E-state index is 0.132. The first kappa shape index (κ1) is 12.6. The van der Waals surface area contributed by atoms with Crippen molar-refractivity contribution in [2.45, 2.75) is 40.7 Å². The lowest BCUT2D eigenvalue weighted by Crippen LogP contribution is -2.31. The second-order valence-corrected chi connectivity index (χ2v) is 5.64. The van der Waals surface area contributed by atoms with E-state index in [1.165, 1.54) is 4.40 Å². The SMILES string of the molecule is Cc1nc(NC(C)C(C)(C)C)cc2n[nH]c(=O)n12. The highest BCUT2D eigenvalue weighted by atomic mass is 16.1. The summed E-state index contributed by atoms with van der Waals surface area (Å²) < 4.78 is 1.45. The number of aromatic amines is 1. The Kier molecular flexibility index (Phi) is 2.88. The third kappa shape index (κ3) is 2.23. The van der Waals surface area contributed by atoms with Gasteiger partial charge in [-0.05, 0) is 19.3 Å². The number of nitrogens with zero attached hydrogens (tertiary/aromatic N) is 3. The number of hydrogen-bond acceptors (Lipinski definition) is 4. The Hall–Kier alpha value is -1.85. The van der Waals surface area contributed by atoms with Gasteiger partial charge in [0.15, 0.2) is 5.65 Å². The van der Waals surface area contributed by atoms with E-state index in [4.69, 9.17) is 0 Å². The molecule has 0 saturated carbocycles. The van der Waals surface area contributed by atoms with Gasteiger partial charge in [-0.25, -0.2) is 19.3 Å². The Bertz CT molecular complexity index is 619. The van der Waals surface area contributed by atoms with Crippen LogP contribution in [-0.2, 0) is 0 Å². The Morgan fingerprint density at radius 1 is 1.44 bits per heavy atom. The highest BCUT2D eigenvalue weighted by Crippen LogP contribution is 2.22. The van der Waals surface area contributed by atoms with Crippen LogP contribution in [-0.4, -0.2) is 25.6 Å². The Labute approximate surface area is 105 Å². The van der Waals surface area contributed by atoms with Gasteiger partial charge in [0.1, 0.15) is 11.6 Å². The standard InChI is InChI=1S/C12H19N5O/c1-7(12(3,4)5)13-9-6-10-15-16-11(18)17(10)8(2)14-9/h6-7,13H,1-5H3,(H,16,18). The molecule has 2 N–H and O–H groups in total. The molecule has 0 aromatic carbocycles. The molecule has 0 bridgehead atoms. The molecule has 2 rings (SSSR count). The number of anilines is 1. The molecule has 98 valence electrons. The lowest BCUT2D eigenvalue weighted by Gasteiger charge is -2.28. The molecule has 1 unspecified atom stereocenters. The molecule has 1 atom stereocenters. The molecule has 6 heteroatoms. The Morgan fingerprint density at radius 2 is 2.11 bits per heavy atom. The molecule has 0 aliphatic rings. The average Bonchev–Trinajstić information content (AvgIpc) is 2.59. The van der Waals surface area contributed by atoms with E-state index in [1.807, 2.05) is 0 Å². The van der Waals surface area contributed by atoms with Crippen LogP contribution in [0, 0.1) is 12.3 Å². The van der Waals surface area contributed by atoms with Crippen LogP contribution in [0.2, 0.25) is 0 Å². The van der Waals surface area contributed by atoms with Crippen molar-refractivity contribution in [1.82, 2.24) is 19.6 Å². The van der Waals surface area contributed by atoms with Crippen LogP contribution in [0.1, 0.15) is 33.5 Å². The first-order valence-corrected chi connectivity index (χ1v) is 6.00. The average molecular weight is 249 g/mol. The smallest absolute Gasteiger partial charge is 0.349 e. The largest absolute Gasteiger partial charge is 0.367 e. The van der Waals surface area contributed by atoms with Crippen LogP contribution >= 0.6 is 0 Å². The van der Waals surface area contributed by atoms with Crippen molar-refractivity contribution < 1.29 is 0 Å². The van der Waals surface area contributed by atoms with Crippen molar-refractivity contribution in [3.8, 4) is 0 Å². The second kappa shape index (κ2) is 4.12. The first-order chi connectivity index (χ1) is 8.29. The normalized spacial score (nSPS) is 13.8. The van der Waals surface area contributed by atoms with Gasteiger partial charge in [-0.1, -0.05) is 20.8 Å². The van der Waals surface area contributed by atoms with Crippen molar-refractivity contribution in [2.75, 3.05) is 5.32 Å². The second-order valence-electron chi connectivity index (χ2n) is 5.64. The first-order valence-electron chi connectivity index (χ1n) is 6.00. The highest BCUT2D eigenvalue weighted by Gasteiger charge is 2.20. The van der Waals surface area contributed by atoms with Crippen LogP contribution in [0.5, 0.6) is 0 Å². The van der Waals surface area contributed by atoms with E-state index >= 15 is 0 Å². The van der Waals surface area contributed by atoms with E-state index in [9.17, 15) is 4.79 Å². The molecule has 2 aromatic heterocycles. The summed E-state index contributed by atoms with van der Waals surface area (Å²) in [7, 11) is 0. The fourth-order valence-electron chi connectivity index (χ4n) is 1.61. The number of aryl methyl sites for hydroxylation is 1. The predicted octanol–water partition coefficient (Wildman–Crippen LogP) is 1.57. The van der Waals surface area contributed by atoms with E-state index in [1.54, 1.807) is 13.0 Å². The number of H-pyrrole nitrogens is 1. The zero-order chi connectivity index (χ0) is 13.5. The van der Waals surface area contributed by atoms with E-state index in [-0.39, 0.29) is 17.1 Å². The van der Waals surface area contributed by atoms with Crippen molar-refractivity contribution in [3.63, 3.8) is 0 Å². The molecular weight excluding hydrogens is 230 g/mol. The number of rotatable bonds is 2. The van der Waals surface area contributed by atoms with Gasteiger partial charge < -0.3 is 5.32 Å². The molecule has 0 spiro atoms. The van der Waals surface area contributed by atoms with Gasteiger partial charge in [0.25, 0.3) is 0 Å². The summed E-state index contributed by atoms with van der Waals surface area (Å²) in [6, 6.07) is 2.03. The van der Waals surface area contributed by atoms with Gasteiger partial charge in [0.2, 0.25) is 0 Å². The molecule has 6 nitrogen and oxygen atoms in total. The van der Waals surface area contributed by atoms with Crippen LogP contribution in [0.25, 0.3) is 5.65 Å². The molecule has 0 aliphatic heterocycles. The molecule has 0 saturated heterocycles. The zero-order valence-electron chi connectivity index (χ0n) is 11.4.